The molecule has 0 spiro atoms. The smallest absolute Gasteiger partial charge is 0.326 e. The van der Waals surface area contributed by atoms with Gasteiger partial charge in [0.05, 0.1) is 6.61 Å². The number of carbonyl (C=O) groups excluding carboxylic acids is 1. The van der Waals surface area contributed by atoms with Gasteiger partial charge in [0.1, 0.15) is 5.54 Å². The summed E-state index contributed by atoms with van der Waals surface area (Å²) in [6, 6.07) is 0. The van der Waals surface area contributed by atoms with Gasteiger partial charge in [-0.05, 0) is 72.6 Å². The fraction of sp³-hybridized carbons (Fsp3) is 0.941. The molecule has 0 saturated carbocycles. The molecule has 124 valence electrons. The van der Waals surface area contributed by atoms with E-state index in [0.29, 0.717) is 6.61 Å². The van der Waals surface area contributed by atoms with Crippen LogP contribution in [0.25, 0.3) is 0 Å². The predicted octanol–water partition coefficient (Wildman–Crippen LogP) is 2.96. The van der Waals surface area contributed by atoms with Crippen molar-refractivity contribution in [3.8, 4) is 0 Å². The molecule has 1 fully saturated rings. The van der Waals surface area contributed by atoms with E-state index in [-0.39, 0.29) is 5.97 Å². The van der Waals surface area contributed by atoms with Gasteiger partial charge in [-0.2, -0.15) is 0 Å². The van der Waals surface area contributed by atoms with Crippen molar-refractivity contribution in [2.75, 3.05) is 33.3 Å². The monoisotopic (exact) mass is 298 g/mol. The molecule has 1 aliphatic heterocycles. The first-order valence-electron chi connectivity index (χ1n) is 8.71. The lowest BCUT2D eigenvalue weighted by molar-refractivity contribution is -0.150. The van der Waals surface area contributed by atoms with Gasteiger partial charge in [-0.25, -0.2) is 0 Å². The molecule has 1 atom stereocenters. The first-order chi connectivity index (χ1) is 10.1. The number of hydrogen-bond acceptors (Lipinski definition) is 4. The second kappa shape index (κ2) is 10.2. The number of unbranched alkanes of at least 4 members (excludes halogenated alkanes) is 1. The number of ether oxygens (including phenoxy) is 1. The first kappa shape index (κ1) is 18.4. The SMILES string of the molecule is CCOC(=O)C(C)(CCCCN1CCCCCCC1)NC. The van der Waals surface area contributed by atoms with E-state index in [1.807, 2.05) is 20.9 Å². The number of likely N-dealkylation sites (tertiary alicyclic amines) is 1. The van der Waals surface area contributed by atoms with Crippen LogP contribution >= 0.6 is 0 Å². The van der Waals surface area contributed by atoms with Crippen LogP contribution in [0.15, 0.2) is 0 Å². The lowest BCUT2D eigenvalue weighted by Gasteiger charge is -2.28. The van der Waals surface area contributed by atoms with Gasteiger partial charge in [-0.1, -0.05) is 19.3 Å². The zero-order chi connectivity index (χ0) is 15.6. The van der Waals surface area contributed by atoms with E-state index in [1.54, 1.807) is 0 Å². The summed E-state index contributed by atoms with van der Waals surface area (Å²) in [5, 5.41) is 3.13. The summed E-state index contributed by atoms with van der Waals surface area (Å²) in [5.74, 6) is -0.126. The minimum absolute atomic E-state index is 0.126. The zero-order valence-electron chi connectivity index (χ0n) is 14.2. The molecule has 1 aliphatic rings. The topological polar surface area (TPSA) is 41.6 Å². The van der Waals surface area contributed by atoms with Crippen molar-refractivity contribution >= 4 is 5.97 Å². The van der Waals surface area contributed by atoms with Crippen molar-refractivity contribution in [3.63, 3.8) is 0 Å². The average Bonchev–Trinajstić information content (AvgIpc) is 2.45. The predicted molar refractivity (Wildman–Crippen MR) is 87.5 cm³/mol. The normalized spacial score (nSPS) is 20.3. The van der Waals surface area contributed by atoms with Gasteiger partial charge in [0.15, 0.2) is 0 Å². The van der Waals surface area contributed by atoms with Crippen LogP contribution in [0, 0.1) is 0 Å². The van der Waals surface area contributed by atoms with E-state index < -0.39 is 5.54 Å². The number of hydrogen-bond donors (Lipinski definition) is 1. The van der Waals surface area contributed by atoms with Crippen molar-refractivity contribution in [3.05, 3.63) is 0 Å². The van der Waals surface area contributed by atoms with Crippen molar-refractivity contribution in [2.24, 2.45) is 0 Å². The van der Waals surface area contributed by atoms with E-state index in [1.165, 1.54) is 51.7 Å². The molecule has 1 N–H and O–H groups in total. The number of carbonyl (C=O) groups is 1. The maximum absolute atomic E-state index is 12.0. The molecule has 4 heteroatoms. The molecule has 1 saturated heterocycles. The van der Waals surface area contributed by atoms with E-state index in [2.05, 4.69) is 10.2 Å². The Balaban J connectivity index is 2.25. The highest BCUT2D eigenvalue weighted by Crippen LogP contribution is 2.17. The molecule has 0 aliphatic carbocycles. The highest BCUT2D eigenvalue weighted by Gasteiger charge is 2.32. The maximum atomic E-state index is 12.0. The van der Waals surface area contributed by atoms with Crippen molar-refractivity contribution in [1.82, 2.24) is 10.2 Å². The number of rotatable bonds is 8. The van der Waals surface area contributed by atoms with E-state index in [9.17, 15) is 4.79 Å². The summed E-state index contributed by atoms with van der Waals surface area (Å²) in [6.45, 7) is 7.92. The second-order valence-corrected chi connectivity index (χ2v) is 6.37. The number of likely N-dealkylation sites (N-methyl/N-ethyl adjacent to an activating group) is 1. The van der Waals surface area contributed by atoms with Gasteiger partial charge in [0.2, 0.25) is 0 Å². The molecule has 1 heterocycles. The number of nitrogens with one attached hydrogen (secondary N) is 1. The highest BCUT2D eigenvalue weighted by molar-refractivity contribution is 5.80. The molecular weight excluding hydrogens is 264 g/mol. The molecule has 0 aromatic rings. The summed E-state index contributed by atoms with van der Waals surface area (Å²) in [7, 11) is 1.84. The standard InChI is InChI=1S/C17H34N2O2/c1-4-21-16(20)17(2,18-3)12-8-11-15-19-13-9-6-5-7-10-14-19/h18H,4-15H2,1-3H3. The van der Waals surface area contributed by atoms with Gasteiger partial charge >= 0.3 is 5.97 Å². The Morgan fingerprint density at radius 2 is 1.76 bits per heavy atom. The van der Waals surface area contributed by atoms with Gasteiger partial charge in [0, 0.05) is 0 Å². The summed E-state index contributed by atoms with van der Waals surface area (Å²) >= 11 is 0. The highest BCUT2D eigenvalue weighted by atomic mass is 16.5. The van der Waals surface area contributed by atoms with Crippen LogP contribution < -0.4 is 5.32 Å². The molecule has 4 nitrogen and oxygen atoms in total. The molecule has 1 rings (SSSR count). The van der Waals surface area contributed by atoms with Gasteiger partial charge in [0.25, 0.3) is 0 Å². The maximum Gasteiger partial charge on any atom is 0.326 e. The van der Waals surface area contributed by atoms with E-state index >= 15 is 0 Å². The molecular formula is C17H34N2O2. The van der Waals surface area contributed by atoms with Crippen LogP contribution in [0.4, 0.5) is 0 Å². The largest absolute Gasteiger partial charge is 0.465 e. The van der Waals surface area contributed by atoms with Crippen molar-refractivity contribution < 1.29 is 9.53 Å². The van der Waals surface area contributed by atoms with Crippen LogP contribution in [0.3, 0.4) is 0 Å². The molecule has 0 amide bonds. The van der Waals surface area contributed by atoms with Crippen LogP contribution in [0.5, 0.6) is 0 Å². The Bertz CT molecular complexity index is 289. The summed E-state index contributed by atoms with van der Waals surface area (Å²) in [5.41, 5.74) is -0.535. The van der Waals surface area contributed by atoms with Crippen molar-refractivity contribution in [2.45, 2.75) is 70.8 Å². The first-order valence-corrected chi connectivity index (χ1v) is 8.71. The van der Waals surface area contributed by atoms with E-state index in [4.69, 9.17) is 4.74 Å². The van der Waals surface area contributed by atoms with Crippen LogP contribution in [-0.4, -0.2) is 49.7 Å². The van der Waals surface area contributed by atoms with Crippen LogP contribution in [0.2, 0.25) is 0 Å². The Morgan fingerprint density at radius 1 is 1.14 bits per heavy atom. The molecule has 0 aromatic heterocycles. The molecule has 0 radical (unpaired) electrons. The summed E-state index contributed by atoms with van der Waals surface area (Å²) < 4.78 is 5.16. The van der Waals surface area contributed by atoms with Gasteiger partial charge in [-0.3, -0.25) is 4.79 Å². The number of nitrogens with zero attached hydrogens (tertiary/aromatic N) is 1. The fourth-order valence-corrected chi connectivity index (χ4v) is 2.97. The van der Waals surface area contributed by atoms with Crippen molar-refractivity contribution in [1.29, 1.82) is 0 Å². The molecule has 21 heavy (non-hydrogen) atoms. The van der Waals surface area contributed by atoms with Gasteiger partial charge < -0.3 is 15.0 Å². The lowest BCUT2D eigenvalue weighted by atomic mass is 9.95. The second-order valence-electron chi connectivity index (χ2n) is 6.37. The Morgan fingerprint density at radius 3 is 2.33 bits per heavy atom. The molecule has 0 bridgehead atoms. The van der Waals surface area contributed by atoms with Gasteiger partial charge in [-0.15, -0.1) is 0 Å². The third-order valence-electron chi connectivity index (χ3n) is 4.63. The number of esters is 1. The van der Waals surface area contributed by atoms with Crippen LogP contribution in [-0.2, 0) is 9.53 Å². The molecule has 0 aromatic carbocycles. The Hall–Kier alpha value is -0.610. The fourth-order valence-electron chi connectivity index (χ4n) is 2.97. The average molecular weight is 298 g/mol. The van der Waals surface area contributed by atoms with E-state index in [0.717, 1.165) is 19.3 Å². The zero-order valence-corrected chi connectivity index (χ0v) is 14.2. The summed E-state index contributed by atoms with van der Waals surface area (Å²) in [4.78, 5) is 14.6. The molecule has 1 unspecified atom stereocenters. The quantitative estimate of drug-likeness (QED) is 0.552. The Labute approximate surface area is 130 Å². The minimum Gasteiger partial charge on any atom is -0.465 e. The summed E-state index contributed by atoms with van der Waals surface area (Å²) in [6.07, 6.45) is 9.94. The van der Waals surface area contributed by atoms with Crippen LogP contribution in [0.1, 0.15) is 65.2 Å². The minimum atomic E-state index is -0.535. The lowest BCUT2D eigenvalue weighted by Crippen LogP contribution is -2.48. The third kappa shape index (κ3) is 6.79. The third-order valence-corrected chi connectivity index (χ3v) is 4.63. The Kier molecular flexibility index (Phi) is 8.93.